The van der Waals surface area contributed by atoms with Crippen molar-refractivity contribution in [3.05, 3.63) is 495 Å². The van der Waals surface area contributed by atoms with Crippen molar-refractivity contribution in [2.45, 2.75) is 38.5 Å². The molecular formula is C126H90N2S2. The molecule has 22 aromatic rings. The number of anilines is 6. The molecule has 0 saturated heterocycles. The van der Waals surface area contributed by atoms with Gasteiger partial charge in [0.1, 0.15) is 0 Å². The van der Waals surface area contributed by atoms with E-state index in [9.17, 15) is 0 Å². The van der Waals surface area contributed by atoms with Gasteiger partial charge in [-0.15, -0.1) is 22.7 Å². The third-order valence-corrected chi connectivity index (χ3v) is 29.3. The minimum atomic E-state index is -0.177. The molecule has 0 spiro atoms. The highest BCUT2D eigenvalue weighted by atomic mass is 32.1. The highest BCUT2D eigenvalue weighted by Gasteiger charge is 2.38. The number of hydrogen-bond acceptors (Lipinski definition) is 4. The molecule has 0 radical (unpaired) electrons. The number of benzene rings is 20. The van der Waals surface area contributed by atoms with Crippen LogP contribution in [0.5, 0.6) is 0 Å². The number of thiophene rings is 2. The second-order valence-corrected chi connectivity index (χ2v) is 37.7. The number of rotatable bonds is 16. The fraction of sp³-hybridized carbons (Fsp3) is 0.0476. The molecule has 2 heterocycles. The van der Waals surface area contributed by atoms with Crippen LogP contribution >= 0.6 is 22.7 Å². The van der Waals surface area contributed by atoms with Crippen LogP contribution in [-0.2, 0) is 10.8 Å². The van der Waals surface area contributed by atoms with Gasteiger partial charge in [0, 0.05) is 85.3 Å². The van der Waals surface area contributed by atoms with E-state index in [0.29, 0.717) is 0 Å². The van der Waals surface area contributed by atoms with Gasteiger partial charge in [0.05, 0.1) is 0 Å². The lowest BCUT2D eigenvalue weighted by atomic mass is 9.81. The van der Waals surface area contributed by atoms with Gasteiger partial charge in [-0.05, 0) is 283 Å². The van der Waals surface area contributed by atoms with E-state index in [1.807, 2.05) is 22.7 Å². The topological polar surface area (TPSA) is 6.48 Å². The van der Waals surface area contributed by atoms with Crippen molar-refractivity contribution in [2.75, 3.05) is 9.80 Å². The zero-order valence-electron chi connectivity index (χ0n) is 72.7. The first-order valence-electron chi connectivity index (χ1n) is 45.0. The van der Waals surface area contributed by atoms with Gasteiger partial charge in [0.15, 0.2) is 0 Å². The lowest BCUT2D eigenvalue weighted by molar-refractivity contribution is 0.660. The Morgan fingerprint density at radius 2 is 0.346 bits per heavy atom. The van der Waals surface area contributed by atoms with E-state index in [0.717, 1.165) is 34.1 Å². The summed E-state index contributed by atoms with van der Waals surface area (Å²) >= 11 is 3.73. The van der Waals surface area contributed by atoms with Gasteiger partial charge in [0.25, 0.3) is 0 Å². The summed E-state index contributed by atoms with van der Waals surface area (Å²) < 4.78 is 5.33. The van der Waals surface area contributed by atoms with Gasteiger partial charge in [-0.25, -0.2) is 0 Å². The van der Waals surface area contributed by atoms with E-state index >= 15 is 0 Å². The Kier molecular flexibility index (Phi) is 20.1. The van der Waals surface area contributed by atoms with Gasteiger partial charge in [-0.3, -0.25) is 0 Å². The van der Waals surface area contributed by atoms with Gasteiger partial charge in [0.2, 0.25) is 0 Å². The van der Waals surface area contributed by atoms with Crippen LogP contribution in [0.4, 0.5) is 34.1 Å². The van der Waals surface area contributed by atoms with Crippen LogP contribution in [0.25, 0.3) is 174 Å². The van der Waals surface area contributed by atoms with Crippen molar-refractivity contribution in [3.63, 3.8) is 0 Å². The largest absolute Gasteiger partial charge is 0.310 e. The normalized spacial score (nSPS) is 12.6. The Morgan fingerprint density at radius 3 is 0.662 bits per heavy atom. The van der Waals surface area contributed by atoms with Crippen LogP contribution in [0.2, 0.25) is 0 Å². The van der Waals surface area contributed by atoms with E-state index in [2.05, 4.69) is 511 Å². The summed E-state index contributed by atoms with van der Waals surface area (Å²) in [4.78, 5) is 4.82. The Morgan fingerprint density at radius 1 is 0.146 bits per heavy atom. The van der Waals surface area contributed by atoms with Crippen molar-refractivity contribution >= 4 is 97.1 Å². The molecule has 0 unspecified atom stereocenters. The highest BCUT2D eigenvalue weighted by Crippen LogP contribution is 2.55. The van der Waals surface area contributed by atoms with Crippen LogP contribution in [-0.4, -0.2) is 0 Å². The molecule has 4 heteroatoms. The van der Waals surface area contributed by atoms with Crippen LogP contribution in [0, 0.1) is 0 Å². The highest BCUT2D eigenvalue weighted by molar-refractivity contribution is 7.26. The standard InChI is InChI=1S/2C63H45NS/c1-63(2)59-40-51(43-14-7-4-8-15-43)28-35-55(59)56-36-34-54(41-60(56)63)64(53-32-26-47(27-33-53)49-17-11-16-48(38-49)42-12-5-3-6-13-42)52-30-24-45(25-31-52)44-20-22-46(23-21-44)50-29-37-62-58(39-50)57-18-9-10-19-61(57)65-62;1-63(2)59-40-51(43-13-7-4-8-14-43)29-36-55(59)56-37-35-54(41-60(56)63)64(52-31-25-47(26-32-52)45-19-17-44(18-20-45)42-11-5-3-6-12-42)53-33-27-48(28-34-53)46-21-23-49(24-22-46)50-30-38-62-58(39-50)57-15-9-10-16-61(57)65-62/h2*3-41H,1-2H3. The molecule has 2 aliphatic rings. The molecule has 0 aliphatic heterocycles. The zero-order valence-corrected chi connectivity index (χ0v) is 74.4. The van der Waals surface area contributed by atoms with Crippen molar-refractivity contribution < 1.29 is 0 Å². The fourth-order valence-corrected chi connectivity index (χ4v) is 22.1. The number of hydrogen-bond donors (Lipinski definition) is 0. The molecule has 0 atom stereocenters. The lowest BCUT2D eigenvalue weighted by Gasteiger charge is -2.28. The summed E-state index contributed by atoms with van der Waals surface area (Å²) in [6.45, 7) is 9.50. The molecule has 0 N–H and O–H groups in total. The van der Waals surface area contributed by atoms with Crippen LogP contribution in [0.1, 0.15) is 49.9 Å². The minimum absolute atomic E-state index is 0.174. The first-order valence-corrected chi connectivity index (χ1v) is 46.6. The summed E-state index contributed by atoms with van der Waals surface area (Å²) in [6.07, 6.45) is 0. The Hall–Kier alpha value is -15.6. The average molecular weight is 1700 g/mol. The molecule has 616 valence electrons. The van der Waals surface area contributed by atoms with E-state index in [-0.39, 0.29) is 10.8 Å². The molecule has 0 fully saturated rings. The quantitative estimate of drug-likeness (QED) is 0.0951. The first kappa shape index (κ1) is 79.1. The molecule has 130 heavy (non-hydrogen) atoms. The average Bonchev–Trinajstić information content (AvgIpc) is 1.57. The van der Waals surface area contributed by atoms with Crippen molar-refractivity contribution in [1.82, 2.24) is 0 Å². The van der Waals surface area contributed by atoms with E-state index in [1.54, 1.807) is 0 Å². The maximum atomic E-state index is 2.43. The smallest absolute Gasteiger partial charge is 0.0465 e. The predicted octanol–water partition coefficient (Wildman–Crippen LogP) is 36.3. The second-order valence-electron chi connectivity index (χ2n) is 35.5. The Balaban J connectivity index is 0.000000148. The van der Waals surface area contributed by atoms with Crippen molar-refractivity contribution in [1.29, 1.82) is 0 Å². The van der Waals surface area contributed by atoms with Crippen LogP contribution in [0.3, 0.4) is 0 Å². The minimum Gasteiger partial charge on any atom is -0.310 e. The van der Waals surface area contributed by atoms with E-state index < -0.39 is 0 Å². The molecular weight excluding hydrogens is 1610 g/mol. The van der Waals surface area contributed by atoms with Crippen molar-refractivity contribution in [2.24, 2.45) is 0 Å². The zero-order chi connectivity index (χ0) is 87.0. The summed E-state index contributed by atoms with van der Waals surface area (Å²) in [5, 5.41) is 5.31. The molecule has 2 aromatic heterocycles. The maximum Gasteiger partial charge on any atom is 0.0465 e. The number of fused-ring (bicyclic) bond motifs is 12. The van der Waals surface area contributed by atoms with Gasteiger partial charge in [-0.2, -0.15) is 0 Å². The third kappa shape index (κ3) is 14.7. The third-order valence-electron chi connectivity index (χ3n) is 27.0. The summed E-state index contributed by atoms with van der Waals surface area (Å²) in [5.41, 5.74) is 41.4. The van der Waals surface area contributed by atoms with Crippen LogP contribution in [0.15, 0.2) is 473 Å². The molecule has 2 nitrogen and oxygen atoms in total. The van der Waals surface area contributed by atoms with Crippen LogP contribution < -0.4 is 9.80 Å². The van der Waals surface area contributed by atoms with Gasteiger partial charge < -0.3 is 9.80 Å². The second kappa shape index (κ2) is 33.0. The molecule has 24 rings (SSSR count). The van der Waals surface area contributed by atoms with E-state index in [4.69, 9.17) is 0 Å². The van der Waals surface area contributed by atoms with Gasteiger partial charge in [-0.1, -0.05) is 373 Å². The Bertz CT molecular complexity index is 7990. The lowest BCUT2D eigenvalue weighted by Crippen LogP contribution is -2.16. The Labute approximate surface area is 768 Å². The van der Waals surface area contributed by atoms with Gasteiger partial charge >= 0.3 is 0 Å². The molecule has 0 amide bonds. The molecule has 0 saturated carbocycles. The summed E-state index contributed by atoms with van der Waals surface area (Å²) in [6, 6.07) is 174. The van der Waals surface area contributed by atoms with E-state index in [1.165, 1.54) is 196 Å². The SMILES string of the molecule is CC1(C)c2cc(-c3ccccc3)ccc2-c2ccc(N(c3ccc(-c4ccc(-c5ccc6sc7ccccc7c6c5)cc4)cc3)c3ccc(-c4cccc(-c5ccccc5)c4)cc3)cc21.CC1(C)c2cc(-c3ccccc3)ccc2-c2ccc(N(c3ccc(-c4ccc(-c5ccccc5)cc4)cc3)c3ccc(-c4ccc(-c5ccc6sc7ccccc7c6c5)cc4)cc3)cc21. The monoisotopic (exact) mass is 1690 g/mol. The van der Waals surface area contributed by atoms with Crippen molar-refractivity contribution in [3.8, 4) is 134 Å². The fourth-order valence-electron chi connectivity index (χ4n) is 20.0. The summed E-state index contributed by atoms with van der Waals surface area (Å²) in [5.74, 6) is 0. The molecule has 2 aliphatic carbocycles. The molecule has 20 aromatic carbocycles. The number of nitrogens with zero attached hydrogens (tertiary/aromatic N) is 2. The maximum absolute atomic E-state index is 2.43. The predicted molar refractivity (Wildman–Crippen MR) is 558 cm³/mol. The first-order chi connectivity index (χ1) is 63.9. The molecule has 0 bridgehead atoms. The summed E-state index contributed by atoms with van der Waals surface area (Å²) in [7, 11) is 0.